The van der Waals surface area contributed by atoms with Crippen LogP contribution < -0.4 is 5.32 Å². The van der Waals surface area contributed by atoms with Crippen LogP contribution in [0.1, 0.15) is 10.4 Å². The molecule has 0 radical (unpaired) electrons. The minimum atomic E-state index is -0.545. The van der Waals surface area contributed by atoms with Crippen LogP contribution in [0, 0.1) is 0 Å². The maximum Gasteiger partial charge on any atom is 0.340 e. The minimum absolute atomic E-state index is 0.191. The number of benzene rings is 1. The number of carbonyl (C=O) groups is 2. The second kappa shape index (κ2) is 6.37. The van der Waals surface area contributed by atoms with Gasteiger partial charge in [0.05, 0.1) is 18.4 Å². The highest BCUT2D eigenvalue weighted by atomic mass is 79.9. The molecule has 0 bridgehead atoms. The summed E-state index contributed by atoms with van der Waals surface area (Å²) in [5.41, 5.74) is 0.581. The number of halogens is 3. The quantitative estimate of drug-likeness (QED) is 0.642. The molecular weight excluding hydrogens is 377 g/mol. The molecule has 1 N–H and O–H groups in total. The third-order valence-electron chi connectivity index (χ3n) is 1.85. The Labute approximate surface area is 120 Å². The zero-order chi connectivity index (χ0) is 13.0. The van der Waals surface area contributed by atoms with Crippen molar-refractivity contribution in [2.45, 2.75) is 0 Å². The molecule has 0 fully saturated rings. The second-order valence-corrected chi connectivity index (χ2v) is 5.02. The summed E-state index contributed by atoms with van der Waals surface area (Å²) in [6.07, 6.45) is 0. The molecule has 0 saturated carbocycles. The van der Waals surface area contributed by atoms with E-state index in [4.69, 9.17) is 11.6 Å². The first-order chi connectivity index (χ1) is 7.99. The second-order valence-electron chi connectivity index (χ2n) is 2.98. The molecule has 0 saturated heterocycles. The van der Waals surface area contributed by atoms with Crippen molar-refractivity contribution >= 4 is 61.0 Å². The molecule has 1 aromatic carbocycles. The van der Waals surface area contributed by atoms with E-state index in [-0.39, 0.29) is 11.4 Å². The van der Waals surface area contributed by atoms with Crippen LogP contribution in [0.5, 0.6) is 0 Å². The summed E-state index contributed by atoms with van der Waals surface area (Å²) in [4.78, 5) is 22.8. The van der Waals surface area contributed by atoms with E-state index in [0.29, 0.717) is 14.6 Å². The molecule has 0 aliphatic rings. The predicted octanol–water partition coefficient (Wildman–Crippen LogP) is 3.18. The van der Waals surface area contributed by atoms with Crippen LogP contribution in [0.3, 0.4) is 0 Å². The predicted molar refractivity (Wildman–Crippen MR) is 72.5 cm³/mol. The van der Waals surface area contributed by atoms with Gasteiger partial charge in [0.1, 0.15) is 5.88 Å². The fourth-order valence-electron chi connectivity index (χ4n) is 1.14. The van der Waals surface area contributed by atoms with Gasteiger partial charge in [0.25, 0.3) is 0 Å². The van der Waals surface area contributed by atoms with E-state index in [1.54, 1.807) is 12.1 Å². The molecule has 4 nitrogen and oxygen atoms in total. The van der Waals surface area contributed by atoms with Crippen LogP contribution in [0.15, 0.2) is 21.1 Å². The van der Waals surface area contributed by atoms with E-state index in [1.807, 2.05) is 0 Å². The van der Waals surface area contributed by atoms with Crippen LogP contribution in [0.4, 0.5) is 5.69 Å². The Hall–Kier alpha value is -0.590. The molecule has 92 valence electrons. The molecule has 0 heterocycles. The number of methoxy groups -OCH3 is 1. The minimum Gasteiger partial charge on any atom is -0.465 e. The monoisotopic (exact) mass is 383 g/mol. The summed E-state index contributed by atoms with van der Waals surface area (Å²) in [6, 6.07) is 3.26. The summed E-state index contributed by atoms with van der Waals surface area (Å²) in [5, 5.41) is 2.53. The lowest BCUT2D eigenvalue weighted by molar-refractivity contribution is -0.113. The molecule has 7 heteroatoms. The third kappa shape index (κ3) is 3.69. The zero-order valence-electron chi connectivity index (χ0n) is 8.72. The molecule has 0 unspecified atom stereocenters. The van der Waals surface area contributed by atoms with E-state index in [1.165, 1.54) is 7.11 Å². The lowest BCUT2D eigenvalue weighted by atomic mass is 10.2. The maximum atomic E-state index is 11.6. The molecular formula is C10H8Br2ClNO3. The summed E-state index contributed by atoms with van der Waals surface area (Å²) in [7, 11) is 1.27. The van der Waals surface area contributed by atoms with Gasteiger partial charge in [0.15, 0.2) is 0 Å². The Morgan fingerprint density at radius 2 is 2.06 bits per heavy atom. The first-order valence-electron chi connectivity index (χ1n) is 4.42. The Balaban J connectivity index is 3.25. The van der Waals surface area contributed by atoms with E-state index < -0.39 is 11.9 Å². The van der Waals surface area contributed by atoms with Gasteiger partial charge in [-0.2, -0.15) is 0 Å². The molecule has 0 aliphatic carbocycles. The van der Waals surface area contributed by atoms with Crippen LogP contribution in [-0.4, -0.2) is 24.9 Å². The Morgan fingerprint density at radius 1 is 1.41 bits per heavy atom. The third-order valence-corrected chi connectivity index (χ3v) is 3.17. The molecule has 1 rings (SSSR count). The summed E-state index contributed by atoms with van der Waals surface area (Å²) in [6.45, 7) is 0. The van der Waals surface area contributed by atoms with E-state index >= 15 is 0 Å². The Kier molecular flexibility index (Phi) is 5.42. The van der Waals surface area contributed by atoms with Crippen molar-refractivity contribution in [3.8, 4) is 0 Å². The summed E-state index contributed by atoms with van der Waals surface area (Å²) < 4.78 is 5.89. The van der Waals surface area contributed by atoms with Crippen molar-refractivity contribution in [2.24, 2.45) is 0 Å². The highest BCUT2D eigenvalue weighted by Gasteiger charge is 2.17. The number of nitrogens with one attached hydrogen (secondary N) is 1. The molecule has 1 aromatic rings. The number of rotatable bonds is 3. The Morgan fingerprint density at radius 3 is 2.59 bits per heavy atom. The first-order valence-corrected chi connectivity index (χ1v) is 6.54. The Bertz CT molecular complexity index is 465. The number of hydrogen-bond acceptors (Lipinski definition) is 3. The van der Waals surface area contributed by atoms with E-state index in [2.05, 4.69) is 41.9 Å². The van der Waals surface area contributed by atoms with Crippen LogP contribution in [0.25, 0.3) is 0 Å². The fourth-order valence-corrected chi connectivity index (χ4v) is 2.54. The van der Waals surface area contributed by atoms with Gasteiger partial charge in [-0.05, 0) is 28.1 Å². The van der Waals surface area contributed by atoms with Crippen molar-refractivity contribution in [1.29, 1.82) is 0 Å². The van der Waals surface area contributed by atoms with Gasteiger partial charge >= 0.3 is 5.97 Å². The van der Waals surface area contributed by atoms with Crippen LogP contribution >= 0.6 is 43.5 Å². The van der Waals surface area contributed by atoms with Crippen molar-refractivity contribution in [2.75, 3.05) is 18.3 Å². The van der Waals surface area contributed by atoms with Gasteiger partial charge in [-0.3, -0.25) is 4.79 Å². The van der Waals surface area contributed by atoms with E-state index in [0.717, 1.165) is 0 Å². The van der Waals surface area contributed by atoms with Crippen LogP contribution in [-0.2, 0) is 9.53 Å². The lowest BCUT2D eigenvalue weighted by Gasteiger charge is -2.11. The molecule has 0 spiro atoms. The number of carbonyl (C=O) groups excluding carboxylic acids is 2. The highest BCUT2D eigenvalue weighted by molar-refractivity contribution is 9.11. The fraction of sp³-hybridized carbons (Fsp3) is 0.200. The topological polar surface area (TPSA) is 55.4 Å². The van der Waals surface area contributed by atoms with Gasteiger partial charge < -0.3 is 10.1 Å². The largest absolute Gasteiger partial charge is 0.465 e. The lowest BCUT2D eigenvalue weighted by Crippen LogP contribution is -2.16. The number of anilines is 1. The number of amides is 1. The number of esters is 1. The molecule has 1 amide bonds. The van der Waals surface area contributed by atoms with Gasteiger partial charge in [-0.1, -0.05) is 15.9 Å². The van der Waals surface area contributed by atoms with Gasteiger partial charge in [0, 0.05) is 8.95 Å². The van der Waals surface area contributed by atoms with Gasteiger partial charge in [-0.25, -0.2) is 4.79 Å². The average molecular weight is 385 g/mol. The summed E-state index contributed by atoms with van der Waals surface area (Å²) >= 11 is 11.9. The van der Waals surface area contributed by atoms with Crippen molar-refractivity contribution < 1.29 is 14.3 Å². The zero-order valence-corrected chi connectivity index (χ0v) is 12.6. The highest BCUT2D eigenvalue weighted by Crippen LogP contribution is 2.31. The number of alkyl halides is 1. The standard InChI is InChI=1S/C10H8Br2ClNO3/c1-17-10(16)6-2-5(11)3-7(12)9(6)14-8(15)4-13/h2-3H,4H2,1H3,(H,14,15). The van der Waals surface area contributed by atoms with Crippen molar-refractivity contribution in [3.63, 3.8) is 0 Å². The number of hydrogen-bond donors (Lipinski definition) is 1. The average Bonchev–Trinajstić information content (AvgIpc) is 2.30. The van der Waals surface area contributed by atoms with Crippen LogP contribution in [0.2, 0.25) is 0 Å². The van der Waals surface area contributed by atoms with Gasteiger partial charge in [-0.15, -0.1) is 11.6 Å². The smallest absolute Gasteiger partial charge is 0.340 e. The van der Waals surface area contributed by atoms with Crippen molar-refractivity contribution in [3.05, 3.63) is 26.6 Å². The molecule has 17 heavy (non-hydrogen) atoms. The first kappa shape index (κ1) is 14.5. The summed E-state index contributed by atoms with van der Waals surface area (Å²) in [5.74, 6) is -1.14. The molecule has 0 aliphatic heterocycles. The SMILES string of the molecule is COC(=O)c1cc(Br)cc(Br)c1NC(=O)CCl. The van der Waals surface area contributed by atoms with E-state index in [9.17, 15) is 9.59 Å². The normalized spacial score (nSPS) is 9.88. The number of ether oxygens (including phenoxy) is 1. The van der Waals surface area contributed by atoms with Crippen molar-refractivity contribution in [1.82, 2.24) is 0 Å². The maximum absolute atomic E-state index is 11.6. The van der Waals surface area contributed by atoms with Gasteiger partial charge in [0.2, 0.25) is 5.91 Å². The molecule has 0 atom stereocenters. The molecule has 0 aromatic heterocycles.